The van der Waals surface area contributed by atoms with Crippen molar-refractivity contribution in [1.29, 1.82) is 10.5 Å². The second kappa shape index (κ2) is 8.27. The lowest BCUT2D eigenvalue weighted by atomic mass is 9.74. The maximum atomic E-state index is 9.68. The predicted octanol–water partition coefficient (Wildman–Crippen LogP) is 6.56. The Labute approximate surface area is 194 Å². The quantitative estimate of drug-likeness (QED) is 0.342. The lowest BCUT2D eigenvalue weighted by molar-refractivity contribution is 0.690. The molecule has 0 amide bonds. The molecule has 0 spiro atoms. The van der Waals surface area contributed by atoms with Gasteiger partial charge in [-0.3, -0.25) is 0 Å². The van der Waals surface area contributed by atoms with Crippen molar-refractivity contribution in [2.24, 2.45) is 5.92 Å². The zero-order valence-corrected chi connectivity index (χ0v) is 18.1. The Balaban J connectivity index is 1.95. The van der Waals surface area contributed by atoms with Gasteiger partial charge in [0.25, 0.3) is 0 Å². The normalized spacial score (nSPS) is 15.6. The molecule has 2 heteroatoms. The van der Waals surface area contributed by atoms with Gasteiger partial charge in [-0.05, 0) is 22.3 Å². The second-order valence-corrected chi connectivity index (χ2v) is 8.36. The van der Waals surface area contributed by atoms with Gasteiger partial charge >= 0.3 is 0 Å². The Bertz CT molecular complexity index is 1180. The first-order valence-corrected chi connectivity index (χ1v) is 11.0. The Morgan fingerprint density at radius 3 is 1.03 bits per heavy atom. The van der Waals surface area contributed by atoms with Crippen molar-refractivity contribution in [2.45, 2.75) is 10.8 Å². The average molecular weight is 423 g/mol. The molecule has 1 fully saturated rings. The van der Waals surface area contributed by atoms with Gasteiger partial charge in [-0.15, -0.1) is 0 Å². The number of nitrogens with zero attached hydrogens (tertiary/aromatic N) is 2. The van der Waals surface area contributed by atoms with Crippen LogP contribution in [0.15, 0.2) is 133 Å². The van der Waals surface area contributed by atoms with Gasteiger partial charge in [0.1, 0.15) is 17.7 Å². The van der Waals surface area contributed by atoms with Gasteiger partial charge in [0.2, 0.25) is 0 Å². The topological polar surface area (TPSA) is 47.6 Å². The second-order valence-electron chi connectivity index (χ2n) is 8.36. The van der Waals surface area contributed by atoms with Crippen LogP contribution in [0, 0.1) is 28.6 Å². The molecule has 4 aromatic rings. The van der Waals surface area contributed by atoms with Gasteiger partial charge in [-0.2, -0.15) is 10.5 Å². The molecule has 0 radical (unpaired) electrons. The molecule has 1 aliphatic carbocycles. The largest absolute Gasteiger partial charge is 0.192 e. The minimum Gasteiger partial charge on any atom is -0.192 e. The monoisotopic (exact) mass is 422 g/mol. The van der Waals surface area contributed by atoms with Crippen molar-refractivity contribution in [1.82, 2.24) is 0 Å². The summed E-state index contributed by atoms with van der Waals surface area (Å²) in [6.45, 7) is 0. The molecule has 2 nitrogen and oxygen atoms in total. The number of hydrogen-bond acceptors (Lipinski definition) is 2. The Morgan fingerprint density at radius 2 is 0.788 bits per heavy atom. The molecule has 0 aliphatic heterocycles. The van der Waals surface area contributed by atoms with Crippen LogP contribution in [0.5, 0.6) is 0 Å². The van der Waals surface area contributed by atoms with Crippen LogP contribution in [0.25, 0.3) is 0 Å². The van der Waals surface area contributed by atoms with E-state index in [0.717, 1.165) is 0 Å². The molecule has 33 heavy (non-hydrogen) atoms. The van der Waals surface area contributed by atoms with Crippen LogP contribution in [-0.4, -0.2) is 0 Å². The van der Waals surface area contributed by atoms with E-state index in [4.69, 9.17) is 0 Å². The van der Waals surface area contributed by atoms with Gasteiger partial charge in [0.05, 0.1) is 0 Å². The lowest BCUT2D eigenvalue weighted by Gasteiger charge is -2.28. The molecule has 0 unspecified atom stereocenters. The summed E-state index contributed by atoms with van der Waals surface area (Å²) in [5.74, 6) is -0.117. The molecule has 0 atom stereocenters. The summed E-state index contributed by atoms with van der Waals surface area (Å²) in [4.78, 5) is 0. The fourth-order valence-corrected chi connectivity index (χ4v) is 5.79. The third kappa shape index (κ3) is 2.93. The van der Waals surface area contributed by atoms with E-state index in [-0.39, 0.29) is 11.5 Å². The van der Waals surface area contributed by atoms with E-state index >= 15 is 0 Å². The summed E-state index contributed by atoms with van der Waals surface area (Å²) in [6, 6.07) is 46.2. The fraction of sp³-hybridized carbons (Fsp3) is 0.0968. The third-order valence-electron chi connectivity index (χ3n) is 6.96. The molecule has 4 aromatic carbocycles. The first kappa shape index (κ1) is 20.5. The van der Waals surface area contributed by atoms with Crippen molar-refractivity contribution in [3.05, 3.63) is 155 Å². The van der Waals surface area contributed by atoms with Gasteiger partial charge in [0, 0.05) is 16.7 Å². The van der Waals surface area contributed by atoms with Crippen molar-refractivity contribution >= 4 is 0 Å². The first-order valence-electron chi connectivity index (χ1n) is 11.0. The lowest BCUT2D eigenvalue weighted by Crippen LogP contribution is -2.25. The predicted molar refractivity (Wildman–Crippen MR) is 130 cm³/mol. The molecule has 1 aliphatic rings. The summed E-state index contributed by atoms with van der Waals surface area (Å²) in [7, 11) is 0. The van der Waals surface area contributed by atoms with Crippen LogP contribution in [0.4, 0.5) is 0 Å². The third-order valence-corrected chi connectivity index (χ3v) is 6.96. The molecule has 0 aromatic heterocycles. The standard InChI is InChI=1S/C31H22N2/c32-22-24(23-33)21-29-30(25-13-5-1-6-14-25,26-15-7-2-8-16-26)31(29,27-17-9-3-10-18-27)28-19-11-4-12-20-28/h1-21,29H. The molecule has 0 bridgehead atoms. The molecule has 5 rings (SSSR count). The van der Waals surface area contributed by atoms with Crippen LogP contribution >= 0.6 is 0 Å². The Kier molecular flexibility index (Phi) is 5.14. The highest BCUT2D eigenvalue weighted by molar-refractivity contribution is 5.69. The summed E-state index contributed by atoms with van der Waals surface area (Å²) < 4.78 is 0. The van der Waals surface area contributed by atoms with Gasteiger partial charge in [-0.25, -0.2) is 0 Å². The molecule has 0 saturated heterocycles. The van der Waals surface area contributed by atoms with Crippen molar-refractivity contribution < 1.29 is 0 Å². The van der Waals surface area contributed by atoms with Gasteiger partial charge in [0.15, 0.2) is 0 Å². The van der Waals surface area contributed by atoms with Crippen LogP contribution in [0.3, 0.4) is 0 Å². The van der Waals surface area contributed by atoms with Gasteiger partial charge in [-0.1, -0.05) is 127 Å². The Hall–Kier alpha value is -4.40. The number of allylic oxidation sites excluding steroid dienone is 2. The number of benzene rings is 4. The minimum atomic E-state index is -0.475. The van der Waals surface area contributed by atoms with Crippen molar-refractivity contribution in [2.75, 3.05) is 0 Å². The van der Waals surface area contributed by atoms with E-state index < -0.39 is 10.8 Å². The van der Waals surface area contributed by atoms with E-state index in [2.05, 4.69) is 109 Å². The zero-order valence-electron chi connectivity index (χ0n) is 18.1. The minimum absolute atomic E-state index is 0.117. The number of hydrogen-bond donors (Lipinski definition) is 0. The zero-order chi connectivity index (χ0) is 22.7. The molecular formula is C31H22N2. The van der Waals surface area contributed by atoms with E-state index in [1.165, 1.54) is 22.3 Å². The molecule has 1 saturated carbocycles. The smallest absolute Gasteiger partial charge is 0.126 e. The first-order chi connectivity index (χ1) is 16.3. The van der Waals surface area contributed by atoms with Gasteiger partial charge < -0.3 is 0 Å². The highest BCUT2D eigenvalue weighted by Crippen LogP contribution is 2.76. The Morgan fingerprint density at radius 1 is 0.515 bits per heavy atom. The van der Waals surface area contributed by atoms with Crippen LogP contribution in [-0.2, 0) is 10.8 Å². The maximum Gasteiger partial charge on any atom is 0.126 e. The van der Waals surface area contributed by atoms with Crippen molar-refractivity contribution in [3.63, 3.8) is 0 Å². The summed E-state index contributed by atoms with van der Waals surface area (Å²) in [5, 5.41) is 19.4. The molecule has 0 heterocycles. The van der Waals surface area contributed by atoms with E-state index in [1.807, 2.05) is 30.3 Å². The summed E-state index contributed by atoms with van der Waals surface area (Å²) in [5.41, 5.74) is 3.86. The highest BCUT2D eigenvalue weighted by atomic mass is 14.8. The maximum absolute atomic E-state index is 9.68. The van der Waals surface area contributed by atoms with E-state index in [9.17, 15) is 10.5 Å². The SMILES string of the molecule is N#CC(C#N)=CC1C(c2ccccc2)(c2ccccc2)C1(c1ccccc1)c1ccccc1. The van der Waals surface area contributed by atoms with Crippen LogP contribution in [0.2, 0.25) is 0 Å². The number of rotatable bonds is 5. The fourth-order valence-electron chi connectivity index (χ4n) is 5.79. The number of nitriles is 2. The van der Waals surface area contributed by atoms with Crippen LogP contribution in [0.1, 0.15) is 22.3 Å². The highest BCUT2D eigenvalue weighted by Gasteiger charge is 2.77. The van der Waals surface area contributed by atoms with Crippen LogP contribution < -0.4 is 0 Å². The molecular weight excluding hydrogens is 400 g/mol. The van der Waals surface area contributed by atoms with E-state index in [1.54, 1.807) is 0 Å². The average Bonchev–Trinajstić information content (AvgIpc) is 3.53. The molecule has 156 valence electrons. The van der Waals surface area contributed by atoms with E-state index in [0.29, 0.717) is 0 Å². The summed E-state index contributed by atoms with van der Waals surface area (Å²) >= 11 is 0. The molecule has 0 N–H and O–H groups in total. The summed E-state index contributed by atoms with van der Waals surface area (Å²) in [6.07, 6.45) is 1.89. The van der Waals surface area contributed by atoms with Crippen molar-refractivity contribution in [3.8, 4) is 12.1 Å².